The molecule has 0 aliphatic rings. The van der Waals surface area contributed by atoms with Gasteiger partial charge in [-0.15, -0.1) is 0 Å². The van der Waals surface area contributed by atoms with Crippen LogP contribution in [0.1, 0.15) is 18.2 Å². The molecule has 0 saturated carbocycles. The Hall–Kier alpha value is -1.68. The first-order valence-electron chi connectivity index (χ1n) is 6.39. The standard InChI is InChI=1S/C15H19FN2O/c1-9(8-17)4-11-6-12(16)7-13-14(19-3)5-10(2)18-15(11)13/h5-7,9H,4,8,17H2,1-3H3. The van der Waals surface area contributed by atoms with E-state index >= 15 is 0 Å². The molecule has 0 bridgehead atoms. The Morgan fingerprint density at radius 3 is 2.74 bits per heavy atom. The van der Waals surface area contributed by atoms with Gasteiger partial charge in [0.25, 0.3) is 0 Å². The third-order valence-corrected chi connectivity index (χ3v) is 3.24. The van der Waals surface area contributed by atoms with E-state index in [4.69, 9.17) is 10.5 Å². The summed E-state index contributed by atoms with van der Waals surface area (Å²) in [5, 5.41) is 0.715. The average Bonchev–Trinajstić information content (AvgIpc) is 2.38. The van der Waals surface area contributed by atoms with E-state index in [2.05, 4.69) is 4.98 Å². The number of ether oxygens (including phenoxy) is 1. The summed E-state index contributed by atoms with van der Waals surface area (Å²) in [4.78, 5) is 4.53. The molecule has 1 atom stereocenters. The second-order valence-corrected chi connectivity index (χ2v) is 4.97. The largest absolute Gasteiger partial charge is 0.496 e. The molecule has 0 amide bonds. The monoisotopic (exact) mass is 262 g/mol. The van der Waals surface area contributed by atoms with Gasteiger partial charge in [-0.3, -0.25) is 4.98 Å². The van der Waals surface area contributed by atoms with Crippen molar-refractivity contribution in [3.8, 4) is 5.75 Å². The number of halogens is 1. The first kappa shape index (κ1) is 13.7. The van der Waals surface area contributed by atoms with Crippen LogP contribution in [-0.4, -0.2) is 18.6 Å². The minimum atomic E-state index is -0.268. The summed E-state index contributed by atoms with van der Waals surface area (Å²) in [5.41, 5.74) is 8.20. The molecule has 0 aliphatic heterocycles. The predicted molar refractivity (Wildman–Crippen MR) is 74.9 cm³/mol. The van der Waals surface area contributed by atoms with Gasteiger partial charge in [-0.05, 0) is 43.5 Å². The van der Waals surface area contributed by atoms with Crippen molar-refractivity contribution in [1.82, 2.24) is 4.98 Å². The van der Waals surface area contributed by atoms with E-state index in [1.54, 1.807) is 13.2 Å². The molecule has 0 radical (unpaired) electrons. The molecule has 2 aromatic rings. The molecule has 0 saturated heterocycles. The lowest BCUT2D eigenvalue weighted by Crippen LogP contribution is -2.13. The smallest absolute Gasteiger partial charge is 0.130 e. The maximum Gasteiger partial charge on any atom is 0.130 e. The van der Waals surface area contributed by atoms with Gasteiger partial charge >= 0.3 is 0 Å². The van der Waals surface area contributed by atoms with Crippen molar-refractivity contribution >= 4 is 10.9 Å². The highest BCUT2D eigenvalue weighted by molar-refractivity contribution is 5.88. The van der Waals surface area contributed by atoms with Gasteiger partial charge in [-0.25, -0.2) is 4.39 Å². The highest BCUT2D eigenvalue weighted by atomic mass is 19.1. The van der Waals surface area contributed by atoms with Crippen LogP contribution in [-0.2, 0) is 6.42 Å². The van der Waals surface area contributed by atoms with Crippen LogP contribution in [0.25, 0.3) is 10.9 Å². The van der Waals surface area contributed by atoms with Gasteiger partial charge < -0.3 is 10.5 Å². The van der Waals surface area contributed by atoms with Gasteiger partial charge in [0, 0.05) is 17.1 Å². The Balaban J connectivity index is 2.65. The number of methoxy groups -OCH3 is 1. The number of pyridine rings is 1. The van der Waals surface area contributed by atoms with E-state index in [0.717, 1.165) is 16.8 Å². The Labute approximate surface area is 112 Å². The van der Waals surface area contributed by atoms with E-state index in [0.29, 0.717) is 30.0 Å². The highest BCUT2D eigenvalue weighted by Crippen LogP contribution is 2.29. The molecule has 2 N–H and O–H groups in total. The first-order chi connectivity index (χ1) is 9.05. The van der Waals surface area contributed by atoms with Crippen molar-refractivity contribution in [2.75, 3.05) is 13.7 Å². The van der Waals surface area contributed by atoms with E-state index in [-0.39, 0.29) is 5.82 Å². The number of nitrogens with two attached hydrogens (primary N) is 1. The van der Waals surface area contributed by atoms with Crippen LogP contribution < -0.4 is 10.5 Å². The fourth-order valence-corrected chi connectivity index (χ4v) is 2.23. The summed E-state index contributed by atoms with van der Waals surface area (Å²) in [7, 11) is 1.58. The van der Waals surface area contributed by atoms with Crippen molar-refractivity contribution < 1.29 is 9.13 Å². The summed E-state index contributed by atoms with van der Waals surface area (Å²) >= 11 is 0. The van der Waals surface area contributed by atoms with Crippen LogP contribution in [0.3, 0.4) is 0 Å². The molecule has 1 aromatic carbocycles. The van der Waals surface area contributed by atoms with E-state index in [1.807, 2.05) is 19.9 Å². The van der Waals surface area contributed by atoms with Gasteiger partial charge in [0.1, 0.15) is 11.6 Å². The molecule has 4 heteroatoms. The summed E-state index contributed by atoms with van der Waals surface area (Å²) < 4.78 is 19.1. The van der Waals surface area contributed by atoms with Gasteiger partial charge in [0.05, 0.1) is 12.6 Å². The predicted octanol–water partition coefficient (Wildman–Crippen LogP) is 2.83. The van der Waals surface area contributed by atoms with Crippen molar-refractivity contribution in [2.24, 2.45) is 11.7 Å². The Morgan fingerprint density at radius 1 is 1.37 bits per heavy atom. The molecule has 19 heavy (non-hydrogen) atoms. The number of rotatable bonds is 4. The number of fused-ring (bicyclic) bond motifs is 1. The molecule has 0 fully saturated rings. The van der Waals surface area contributed by atoms with Crippen LogP contribution in [0.5, 0.6) is 5.75 Å². The summed E-state index contributed by atoms with van der Waals surface area (Å²) in [5.74, 6) is 0.678. The molecule has 2 rings (SSSR count). The molecule has 1 aromatic heterocycles. The zero-order valence-corrected chi connectivity index (χ0v) is 11.5. The van der Waals surface area contributed by atoms with Gasteiger partial charge in [-0.1, -0.05) is 6.92 Å². The second-order valence-electron chi connectivity index (χ2n) is 4.97. The number of benzene rings is 1. The van der Waals surface area contributed by atoms with Crippen molar-refractivity contribution in [3.63, 3.8) is 0 Å². The van der Waals surface area contributed by atoms with Gasteiger partial charge in [-0.2, -0.15) is 0 Å². The average molecular weight is 262 g/mol. The minimum Gasteiger partial charge on any atom is -0.496 e. The lowest BCUT2D eigenvalue weighted by Gasteiger charge is -2.13. The molecule has 1 heterocycles. The SMILES string of the molecule is COc1cc(C)nc2c(CC(C)CN)cc(F)cc12. The molecular weight excluding hydrogens is 243 g/mol. The molecule has 1 unspecified atom stereocenters. The van der Waals surface area contributed by atoms with Crippen molar-refractivity contribution in [1.29, 1.82) is 0 Å². The van der Waals surface area contributed by atoms with Crippen LogP contribution in [0, 0.1) is 18.7 Å². The fraction of sp³-hybridized carbons (Fsp3) is 0.400. The normalized spacial score (nSPS) is 12.7. The maximum absolute atomic E-state index is 13.8. The van der Waals surface area contributed by atoms with Crippen molar-refractivity contribution in [3.05, 3.63) is 35.3 Å². The zero-order chi connectivity index (χ0) is 14.0. The summed E-state index contributed by atoms with van der Waals surface area (Å²) in [6, 6.07) is 4.83. The third kappa shape index (κ3) is 2.84. The molecule has 102 valence electrons. The topological polar surface area (TPSA) is 48.1 Å². The number of nitrogens with zero attached hydrogens (tertiary/aromatic N) is 1. The van der Waals surface area contributed by atoms with E-state index in [1.165, 1.54) is 6.07 Å². The van der Waals surface area contributed by atoms with E-state index < -0.39 is 0 Å². The highest BCUT2D eigenvalue weighted by Gasteiger charge is 2.13. The minimum absolute atomic E-state index is 0.268. The summed E-state index contributed by atoms with van der Waals surface area (Å²) in [6.45, 7) is 4.52. The summed E-state index contributed by atoms with van der Waals surface area (Å²) in [6.07, 6.45) is 0.713. The van der Waals surface area contributed by atoms with E-state index in [9.17, 15) is 4.39 Å². The molecule has 0 spiro atoms. The zero-order valence-electron chi connectivity index (χ0n) is 11.5. The van der Waals surface area contributed by atoms with Crippen LogP contribution in [0.15, 0.2) is 18.2 Å². The Kier molecular flexibility index (Phi) is 4.00. The molecule has 0 aliphatic carbocycles. The van der Waals surface area contributed by atoms with Gasteiger partial charge in [0.15, 0.2) is 0 Å². The van der Waals surface area contributed by atoms with Crippen molar-refractivity contribution in [2.45, 2.75) is 20.3 Å². The maximum atomic E-state index is 13.8. The number of hydrogen-bond acceptors (Lipinski definition) is 3. The Morgan fingerprint density at radius 2 is 2.11 bits per heavy atom. The van der Waals surface area contributed by atoms with Crippen LogP contribution in [0.2, 0.25) is 0 Å². The number of hydrogen-bond donors (Lipinski definition) is 1. The number of aryl methyl sites for hydroxylation is 1. The molecular formula is C15H19FN2O. The second kappa shape index (κ2) is 5.53. The molecule has 3 nitrogen and oxygen atoms in total. The third-order valence-electron chi connectivity index (χ3n) is 3.24. The lowest BCUT2D eigenvalue weighted by molar-refractivity contribution is 0.419. The van der Waals surface area contributed by atoms with Crippen LogP contribution in [0.4, 0.5) is 4.39 Å². The quantitative estimate of drug-likeness (QED) is 0.921. The first-order valence-corrected chi connectivity index (χ1v) is 6.39. The number of aromatic nitrogens is 1. The fourth-order valence-electron chi connectivity index (χ4n) is 2.23. The lowest BCUT2D eigenvalue weighted by atomic mass is 9.98. The Bertz CT molecular complexity index is 598. The van der Waals surface area contributed by atoms with Gasteiger partial charge in [0.2, 0.25) is 0 Å². The van der Waals surface area contributed by atoms with Crippen LogP contribution >= 0.6 is 0 Å².